The fraction of sp³-hybridized carbons (Fsp3) is 0.333. The van der Waals surface area contributed by atoms with Crippen molar-refractivity contribution in [1.29, 1.82) is 0 Å². The van der Waals surface area contributed by atoms with Crippen LogP contribution < -0.4 is 4.74 Å². The van der Waals surface area contributed by atoms with Gasteiger partial charge >= 0.3 is 18.0 Å². The van der Waals surface area contributed by atoms with Crippen LogP contribution in [0.25, 0.3) is 0 Å². The lowest BCUT2D eigenvalue weighted by Crippen LogP contribution is -2.36. The Kier molecular flexibility index (Phi) is 7.37. The number of hydrogen-bond acceptors (Lipinski definition) is 6. The van der Waals surface area contributed by atoms with E-state index >= 15 is 0 Å². The van der Waals surface area contributed by atoms with Gasteiger partial charge in [0.1, 0.15) is 5.75 Å². The maximum absolute atomic E-state index is 12.1. The number of benzene rings is 1. The van der Waals surface area contributed by atoms with E-state index < -0.39 is 11.9 Å². The summed E-state index contributed by atoms with van der Waals surface area (Å²) in [6.45, 7) is 1.51. The van der Waals surface area contributed by atoms with Gasteiger partial charge in [0.05, 0.1) is 38.0 Å². The number of fused-ring (bicyclic) bond motifs is 1. The second-order valence-corrected chi connectivity index (χ2v) is 5.79. The Hall–Kier alpha value is -3.56. The van der Waals surface area contributed by atoms with E-state index in [9.17, 15) is 4.79 Å². The van der Waals surface area contributed by atoms with Crippen molar-refractivity contribution >= 4 is 18.0 Å². The van der Waals surface area contributed by atoms with E-state index in [4.69, 9.17) is 29.3 Å². The molecular weight excluding hydrogens is 370 g/mol. The summed E-state index contributed by atoms with van der Waals surface area (Å²) in [4.78, 5) is 39.3. The summed E-state index contributed by atoms with van der Waals surface area (Å²) < 4.78 is 10.7. The van der Waals surface area contributed by atoms with Crippen molar-refractivity contribution in [2.24, 2.45) is 0 Å². The first kappa shape index (κ1) is 20.7. The molecule has 10 heteroatoms. The second kappa shape index (κ2) is 9.95. The maximum atomic E-state index is 12.1. The first-order valence-corrected chi connectivity index (χ1v) is 8.43. The van der Waals surface area contributed by atoms with E-state index in [1.54, 1.807) is 18.3 Å². The average Bonchev–Trinajstić information content (AvgIpc) is 3.16. The number of carbonyl (C=O) groups is 3. The summed E-state index contributed by atoms with van der Waals surface area (Å²) in [5, 5.41) is 14.8. The van der Waals surface area contributed by atoms with Crippen molar-refractivity contribution in [3.8, 4) is 5.75 Å². The third-order valence-electron chi connectivity index (χ3n) is 4.01. The number of para-hydroxylation sites is 1. The van der Waals surface area contributed by atoms with Crippen molar-refractivity contribution in [3.05, 3.63) is 47.5 Å². The van der Waals surface area contributed by atoms with Gasteiger partial charge in [-0.2, -0.15) is 0 Å². The zero-order valence-corrected chi connectivity index (χ0v) is 15.3. The van der Waals surface area contributed by atoms with Crippen LogP contribution in [0.3, 0.4) is 0 Å². The predicted molar refractivity (Wildman–Crippen MR) is 96.0 cm³/mol. The summed E-state index contributed by atoms with van der Waals surface area (Å²) in [6.07, 6.45) is 2.79. The van der Waals surface area contributed by atoms with Crippen LogP contribution in [0, 0.1) is 0 Å². The first-order chi connectivity index (χ1) is 13.4. The minimum Gasteiger partial charge on any atom is -0.496 e. The summed E-state index contributed by atoms with van der Waals surface area (Å²) in [5.41, 5.74) is 3.07. The van der Waals surface area contributed by atoms with Gasteiger partial charge in [0.25, 0.3) is 0 Å². The highest BCUT2D eigenvalue weighted by Crippen LogP contribution is 2.18. The lowest BCUT2D eigenvalue weighted by Gasteiger charge is -2.25. The van der Waals surface area contributed by atoms with Crippen LogP contribution in [0.2, 0.25) is 0 Å². The largest absolute Gasteiger partial charge is 0.496 e. The van der Waals surface area contributed by atoms with Gasteiger partial charge in [-0.1, -0.05) is 18.2 Å². The Morgan fingerprint density at radius 3 is 2.61 bits per heavy atom. The average molecular weight is 391 g/mol. The molecule has 1 aromatic carbocycles. The van der Waals surface area contributed by atoms with Gasteiger partial charge in [-0.25, -0.2) is 19.4 Å². The molecule has 10 nitrogen and oxygen atoms in total. The van der Waals surface area contributed by atoms with Gasteiger partial charge in [0, 0.05) is 19.4 Å². The van der Waals surface area contributed by atoms with Crippen LogP contribution in [0.1, 0.15) is 17.0 Å². The topological polar surface area (TPSA) is 142 Å². The number of aliphatic carboxylic acids is 2. The van der Waals surface area contributed by atoms with Crippen molar-refractivity contribution in [3.63, 3.8) is 0 Å². The molecule has 0 spiro atoms. The number of amides is 1. The number of carboxylic acid groups (broad SMARTS) is 2. The third kappa shape index (κ3) is 5.73. The molecule has 0 saturated carbocycles. The van der Waals surface area contributed by atoms with Crippen LogP contribution >= 0.6 is 0 Å². The van der Waals surface area contributed by atoms with E-state index in [2.05, 4.69) is 9.97 Å². The van der Waals surface area contributed by atoms with Crippen LogP contribution in [0.4, 0.5) is 4.79 Å². The number of nitrogens with zero attached hydrogens (tertiary/aromatic N) is 2. The Labute approximate surface area is 160 Å². The molecule has 150 valence electrons. The Bertz CT molecular complexity index is 822. The molecule has 0 atom stereocenters. The number of aromatic amines is 1. The van der Waals surface area contributed by atoms with Gasteiger partial charge in [-0.05, 0) is 11.6 Å². The van der Waals surface area contributed by atoms with Crippen LogP contribution in [0.15, 0.2) is 30.6 Å². The molecule has 2 aromatic rings. The normalized spacial score (nSPS) is 12.2. The summed E-state index contributed by atoms with van der Waals surface area (Å²) in [6, 6.07) is 7.75. The Balaban J connectivity index is 0.000000409. The number of carbonyl (C=O) groups excluding carboxylic acids is 1. The quantitative estimate of drug-likeness (QED) is 0.662. The highest BCUT2D eigenvalue weighted by atomic mass is 16.6. The third-order valence-corrected chi connectivity index (χ3v) is 4.01. The minimum atomic E-state index is -1.82. The van der Waals surface area contributed by atoms with Crippen molar-refractivity contribution in [2.45, 2.75) is 19.4 Å². The van der Waals surface area contributed by atoms with Gasteiger partial charge in [0.15, 0.2) is 0 Å². The standard InChI is InChI=1S/C16H19N3O3.C2H2O4/c1-21-15-5-3-2-4-12(15)7-9-22-16(20)19-8-6-13-14(10-19)18-11-17-13;3-1(4)2(5)6/h2-5,11H,6-10H2,1H3,(H,17,18);(H,3,4)(H,5,6). The number of ether oxygens (including phenoxy) is 2. The molecule has 1 aromatic heterocycles. The molecule has 0 aliphatic carbocycles. The number of carboxylic acids is 2. The SMILES string of the molecule is COc1ccccc1CCOC(=O)N1CCc2nc[nH]c2C1.O=C(O)C(=O)O. The number of imidazole rings is 1. The van der Waals surface area contributed by atoms with Crippen LogP contribution in [-0.4, -0.2) is 63.4 Å². The first-order valence-electron chi connectivity index (χ1n) is 8.43. The van der Waals surface area contributed by atoms with Gasteiger partial charge in [-0.3, -0.25) is 0 Å². The lowest BCUT2D eigenvalue weighted by molar-refractivity contribution is -0.159. The lowest BCUT2D eigenvalue weighted by atomic mass is 10.1. The summed E-state index contributed by atoms with van der Waals surface area (Å²) >= 11 is 0. The molecule has 0 radical (unpaired) electrons. The molecule has 0 bridgehead atoms. The molecule has 3 rings (SSSR count). The van der Waals surface area contributed by atoms with Crippen molar-refractivity contribution in [1.82, 2.24) is 14.9 Å². The zero-order chi connectivity index (χ0) is 20.5. The summed E-state index contributed by atoms with van der Waals surface area (Å²) in [5.74, 6) is -2.83. The number of nitrogens with one attached hydrogen (secondary N) is 1. The molecule has 1 aliphatic rings. The maximum Gasteiger partial charge on any atom is 0.414 e. The fourth-order valence-electron chi connectivity index (χ4n) is 2.62. The van der Waals surface area contributed by atoms with Gasteiger partial charge in [0.2, 0.25) is 0 Å². The smallest absolute Gasteiger partial charge is 0.414 e. The number of aromatic nitrogens is 2. The number of hydrogen-bond donors (Lipinski definition) is 3. The summed E-state index contributed by atoms with van der Waals surface area (Å²) in [7, 11) is 1.64. The monoisotopic (exact) mass is 391 g/mol. The number of methoxy groups -OCH3 is 1. The predicted octanol–water partition coefficient (Wildman–Crippen LogP) is 1.31. The molecule has 0 fully saturated rings. The van der Waals surface area contributed by atoms with Crippen LogP contribution in [0.5, 0.6) is 5.75 Å². The zero-order valence-electron chi connectivity index (χ0n) is 15.3. The van der Waals surface area contributed by atoms with Gasteiger partial charge in [-0.15, -0.1) is 0 Å². The Morgan fingerprint density at radius 2 is 1.93 bits per heavy atom. The molecule has 1 aliphatic heterocycles. The fourth-order valence-corrected chi connectivity index (χ4v) is 2.62. The van der Waals surface area contributed by atoms with Crippen molar-refractivity contribution in [2.75, 3.05) is 20.3 Å². The van der Waals surface area contributed by atoms with E-state index in [-0.39, 0.29) is 6.09 Å². The van der Waals surface area contributed by atoms with Crippen LogP contribution in [-0.2, 0) is 33.7 Å². The van der Waals surface area contributed by atoms with E-state index in [0.29, 0.717) is 26.1 Å². The second-order valence-electron chi connectivity index (χ2n) is 5.79. The highest BCUT2D eigenvalue weighted by molar-refractivity contribution is 6.27. The van der Waals surface area contributed by atoms with Crippen molar-refractivity contribution < 1.29 is 34.1 Å². The Morgan fingerprint density at radius 1 is 1.21 bits per heavy atom. The highest BCUT2D eigenvalue weighted by Gasteiger charge is 2.23. The number of H-pyrrole nitrogens is 1. The van der Waals surface area contributed by atoms with E-state index in [1.165, 1.54) is 0 Å². The molecular formula is C18H21N3O7. The minimum absolute atomic E-state index is 0.282. The van der Waals surface area contributed by atoms with E-state index in [0.717, 1.165) is 29.1 Å². The van der Waals surface area contributed by atoms with Gasteiger partial charge < -0.3 is 29.6 Å². The molecule has 28 heavy (non-hydrogen) atoms. The molecule has 3 N–H and O–H groups in total. The molecule has 2 heterocycles. The molecule has 1 amide bonds. The molecule has 0 saturated heterocycles. The number of rotatable bonds is 4. The molecule has 0 unspecified atom stereocenters. The van der Waals surface area contributed by atoms with E-state index in [1.807, 2.05) is 24.3 Å².